The summed E-state index contributed by atoms with van der Waals surface area (Å²) in [6.45, 7) is 0.717. The normalized spacial score (nSPS) is 23.3. The zero-order valence-corrected chi connectivity index (χ0v) is 11.8. The highest BCUT2D eigenvalue weighted by Crippen LogP contribution is 2.42. The smallest absolute Gasteiger partial charge is 0.273 e. The molecule has 0 radical (unpaired) electrons. The first-order valence-electron chi connectivity index (χ1n) is 6.99. The van der Waals surface area contributed by atoms with Crippen LogP contribution in [-0.2, 0) is 0 Å². The van der Waals surface area contributed by atoms with E-state index in [1.807, 2.05) is 11.8 Å². The lowest BCUT2D eigenvalue weighted by Gasteiger charge is -2.21. The molecule has 2 heterocycles. The fourth-order valence-corrected chi connectivity index (χ4v) is 3.72. The van der Waals surface area contributed by atoms with Gasteiger partial charge in [0.1, 0.15) is 0 Å². The monoisotopic (exact) mass is 280 g/mol. The van der Waals surface area contributed by atoms with Crippen LogP contribution >= 0.6 is 11.8 Å². The lowest BCUT2D eigenvalue weighted by atomic mass is 10.2. The molecule has 1 saturated carbocycles. The second-order valence-electron chi connectivity index (χ2n) is 5.37. The summed E-state index contributed by atoms with van der Waals surface area (Å²) < 4.78 is 0. The molecular formula is C13H20N4OS. The summed E-state index contributed by atoms with van der Waals surface area (Å²) in [6.07, 6.45) is 6.04. The van der Waals surface area contributed by atoms with Crippen molar-refractivity contribution in [3.63, 3.8) is 0 Å². The van der Waals surface area contributed by atoms with Crippen LogP contribution in [0.1, 0.15) is 54.2 Å². The van der Waals surface area contributed by atoms with Crippen LogP contribution in [0.4, 0.5) is 5.69 Å². The van der Waals surface area contributed by atoms with E-state index in [1.165, 1.54) is 25.0 Å². The van der Waals surface area contributed by atoms with Gasteiger partial charge in [0.2, 0.25) is 0 Å². The van der Waals surface area contributed by atoms with Gasteiger partial charge in [0.05, 0.1) is 11.4 Å². The van der Waals surface area contributed by atoms with Crippen LogP contribution in [0.5, 0.6) is 0 Å². The average Bonchev–Trinajstić information content (AvgIpc) is 3.20. The molecule has 1 atom stereocenters. The molecule has 4 N–H and O–H groups in total. The van der Waals surface area contributed by atoms with E-state index in [1.54, 1.807) is 0 Å². The number of amides is 1. The number of thioether (sulfide) groups is 1. The number of aromatic nitrogens is 2. The number of nitrogens with zero attached hydrogens (tertiary/aromatic N) is 1. The van der Waals surface area contributed by atoms with Gasteiger partial charge in [-0.1, -0.05) is 6.42 Å². The molecule has 2 aliphatic rings. The molecule has 1 aromatic rings. The van der Waals surface area contributed by atoms with E-state index in [4.69, 9.17) is 5.73 Å². The molecule has 19 heavy (non-hydrogen) atoms. The Morgan fingerprint density at radius 2 is 2.26 bits per heavy atom. The summed E-state index contributed by atoms with van der Waals surface area (Å²) in [5.74, 6) is 1.55. The molecule has 2 fully saturated rings. The summed E-state index contributed by atoms with van der Waals surface area (Å²) in [5.41, 5.74) is 7.84. The lowest BCUT2D eigenvalue weighted by Crippen LogP contribution is -2.32. The first kappa shape index (κ1) is 12.8. The van der Waals surface area contributed by atoms with Gasteiger partial charge in [-0.25, -0.2) is 0 Å². The number of anilines is 1. The number of rotatable bonds is 4. The number of nitrogens with one attached hydrogen (secondary N) is 2. The van der Waals surface area contributed by atoms with Crippen molar-refractivity contribution in [3.8, 4) is 0 Å². The Morgan fingerprint density at radius 1 is 1.42 bits per heavy atom. The Morgan fingerprint density at radius 3 is 2.95 bits per heavy atom. The predicted octanol–water partition coefficient (Wildman–Crippen LogP) is 1.88. The Bertz CT molecular complexity index is 463. The first-order valence-corrected chi connectivity index (χ1v) is 8.04. The number of H-pyrrole nitrogens is 1. The molecule has 1 aromatic heterocycles. The topological polar surface area (TPSA) is 83.8 Å². The van der Waals surface area contributed by atoms with E-state index >= 15 is 0 Å². The van der Waals surface area contributed by atoms with Crippen LogP contribution in [0.3, 0.4) is 0 Å². The zero-order valence-electron chi connectivity index (χ0n) is 10.9. The maximum Gasteiger partial charge on any atom is 0.273 e. The molecule has 1 aliphatic heterocycles. The summed E-state index contributed by atoms with van der Waals surface area (Å²) in [4.78, 5) is 12.1. The minimum Gasteiger partial charge on any atom is -0.395 e. The van der Waals surface area contributed by atoms with Gasteiger partial charge in [-0.2, -0.15) is 16.9 Å². The van der Waals surface area contributed by atoms with Crippen LogP contribution in [0, 0.1) is 0 Å². The van der Waals surface area contributed by atoms with Crippen LogP contribution in [0.15, 0.2) is 0 Å². The Hall–Kier alpha value is -1.17. The van der Waals surface area contributed by atoms with Gasteiger partial charge < -0.3 is 11.1 Å². The van der Waals surface area contributed by atoms with Gasteiger partial charge in [-0.05, 0) is 31.4 Å². The van der Waals surface area contributed by atoms with Crippen LogP contribution in [-0.4, -0.2) is 33.7 Å². The Kier molecular flexibility index (Phi) is 3.68. The van der Waals surface area contributed by atoms with Gasteiger partial charge in [-0.15, -0.1) is 0 Å². The molecule has 1 aliphatic carbocycles. The number of carbonyl (C=O) groups is 1. The maximum atomic E-state index is 12.1. The average molecular weight is 280 g/mol. The number of nitrogens with two attached hydrogens (primary N) is 1. The minimum atomic E-state index is -0.146. The van der Waals surface area contributed by atoms with E-state index in [-0.39, 0.29) is 5.91 Å². The molecule has 3 rings (SSSR count). The maximum absolute atomic E-state index is 12.1. The Balaban J connectivity index is 1.57. The van der Waals surface area contributed by atoms with Crippen LogP contribution in [0.25, 0.3) is 0 Å². The highest BCUT2D eigenvalue weighted by Gasteiger charge is 2.30. The predicted molar refractivity (Wildman–Crippen MR) is 77.4 cm³/mol. The molecule has 5 nitrogen and oxygen atoms in total. The summed E-state index contributed by atoms with van der Waals surface area (Å²) in [5, 5.41) is 10.5. The number of hydrogen-bond donors (Lipinski definition) is 3. The summed E-state index contributed by atoms with van der Waals surface area (Å²) in [6, 6.07) is 0. The van der Waals surface area contributed by atoms with E-state index in [2.05, 4.69) is 15.5 Å². The fraction of sp³-hybridized carbons (Fsp3) is 0.692. The van der Waals surface area contributed by atoms with Crippen molar-refractivity contribution >= 4 is 23.4 Å². The van der Waals surface area contributed by atoms with Gasteiger partial charge in [0.15, 0.2) is 5.69 Å². The van der Waals surface area contributed by atoms with E-state index in [0.717, 1.165) is 18.5 Å². The second kappa shape index (κ2) is 5.45. The molecular weight excluding hydrogens is 260 g/mol. The van der Waals surface area contributed by atoms with E-state index < -0.39 is 0 Å². The summed E-state index contributed by atoms with van der Waals surface area (Å²) in [7, 11) is 0. The van der Waals surface area contributed by atoms with Crippen molar-refractivity contribution < 1.29 is 4.79 Å². The first-order chi connectivity index (χ1) is 9.25. The molecule has 1 amide bonds. The highest BCUT2D eigenvalue weighted by molar-refractivity contribution is 7.99. The number of aromatic amines is 1. The molecule has 0 spiro atoms. The third-order valence-electron chi connectivity index (χ3n) is 3.80. The molecule has 0 aromatic carbocycles. The zero-order chi connectivity index (χ0) is 13.2. The lowest BCUT2D eigenvalue weighted by molar-refractivity contribution is 0.0949. The van der Waals surface area contributed by atoms with E-state index in [0.29, 0.717) is 29.1 Å². The van der Waals surface area contributed by atoms with Gasteiger partial charge in [0, 0.05) is 17.7 Å². The van der Waals surface area contributed by atoms with E-state index in [9.17, 15) is 4.79 Å². The molecule has 6 heteroatoms. The van der Waals surface area contributed by atoms with Gasteiger partial charge >= 0.3 is 0 Å². The minimum absolute atomic E-state index is 0.146. The molecule has 0 bridgehead atoms. The third-order valence-corrected chi connectivity index (χ3v) is 5.20. The van der Waals surface area contributed by atoms with Crippen molar-refractivity contribution in [1.82, 2.24) is 15.5 Å². The van der Waals surface area contributed by atoms with Crippen molar-refractivity contribution in [2.45, 2.75) is 43.3 Å². The second-order valence-corrected chi connectivity index (χ2v) is 6.78. The third kappa shape index (κ3) is 2.88. The number of nitrogen functional groups attached to an aromatic ring is 1. The standard InChI is InChI=1S/C13H20N4OS/c14-10-11(8-4-5-8)16-17-12(10)13(18)15-7-9-3-1-2-6-19-9/h8-9H,1-7,14H2,(H,15,18)(H,16,17). The Labute approximate surface area is 117 Å². The van der Waals surface area contributed by atoms with Crippen molar-refractivity contribution in [2.75, 3.05) is 18.0 Å². The van der Waals surface area contributed by atoms with Gasteiger partial charge in [0.25, 0.3) is 5.91 Å². The van der Waals surface area contributed by atoms with Crippen molar-refractivity contribution in [3.05, 3.63) is 11.4 Å². The number of carbonyl (C=O) groups excluding carboxylic acids is 1. The van der Waals surface area contributed by atoms with Crippen LogP contribution in [0.2, 0.25) is 0 Å². The molecule has 1 saturated heterocycles. The van der Waals surface area contributed by atoms with Crippen molar-refractivity contribution in [1.29, 1.82) is 0 Å². The largest absolute Gasteiger partial charge is 0.395 e. The quantitative estimate of drug-likeness (QED) is 0.786. The fourth-order valence-electron chi connectivity index (χ4n) is 2.48. The molecule has 104 valence electrons. The highest BCUT2D eigenvalue weighted by atomic mass is 32.2. The van der Waals surface area contributed by atoms with Gasteiger partial charge in [-0.3, -0.25) is 9.89 Å². The SMILES string of the molecule is Nc1c(C(=O)NCC2CCCCS2)n[nH]c1C1CC1. The number of hydrogen-bond acceptors (Lipinski definition) is 4. The van der Waals surface area contributed by atoms with Crippen LogP contribution < -0.4 is 11.1 Å². The molecule has 1 unspecified atom stereocenters. The van der Waals surface area contributed by atoms with Crippen molar-refractivity contribution in [2.24, 2.45) is 0 Å². The summed E-state index contributed by atoms with van der Waals surface area (Å²) >= 11 is 1.95.